The molecule has 3 fully saturated rings. The van der Waals surface area contributed by atoms with Crippen LogP contribution in [0.5, 0.6) is 0 Å². The Balaban J connectivity index is 1.47. The van der Waals surface area contributed by atoms with E-state index in [9.17, 15) is 8.42 Å². The highest BCUT2D eigenvalue weighted by Crippen LogP contribution is 2.36. The number of hydrogen-bond donors (Lipinski definition) is 1. The van der Waals surface area contributed by atoms with E-state index in [-0.39, 0.29) is 5.95 Å². The predicted molar refractivity (Wildman–Crippen MR) is 135 cm³/mol. The molecule has 14 heteroatoms. The molecule has 0 spiro atoms. The number of nitrogen functional groups attached to an aromatic ring is 1. The van der Waals surface area contributed by atoms with Gasteiger partial charge in [-0.25, -0.2) is 33.3 Å². The first kappa shape index (κ1) is 23.3. The molecule has 13 nitrogen and oxygen atoms in total. The molecule has 0 amide bonds. The summed E-state index contributed by atoms with van der Waals surface area (Å²) >= 11 is 0. The largest absolute Gasteiger partial charge is 0.378 e. The Kier molecular flexibility index (Phi) is 5.88. The number of nitrogens with two attached hydrogens (primary N) is 1. The maximum absolute atomic E-state index is 12.0. The Morgan fingerprint density at radius 3 is 2.31 bits per heavy atom. The highest BCUT2D eigenvalue weighted by atomic mass is 32.2. The van der Waals surface area contributed by atoms with Crippen molar-refractivity contribution in [2.45, 2.75) is 19.4 Å². The van der Waals surface area contributed by atoms with Crippen molar-refractivity contribution in [1.29, 1.82) is 0 Å². The van der Waals surface area contributed by atoms with Gasteiger partial charge in [-0.15, -0.1) is 0 Å². The van der Waals surface area contributed by atoms with Gasteiger partial charge in [0.2, 0.25) is 21.9 Å². The molecule has 0 bridgehead atoms. The van der Waals surface area contributed by atoms with Crippen molar-refractivity contribution in [3.63, 3.8) is 0 Å². The lowest BCUT2D eigenvalue weighted by Gasteiger charge is -2.34. The lowest BCUT2D eigenvalue weighted by Crippen LogP contribution is -2.49. The average Bonchev–Trinajstić information content (AvgIpc) is 3.63. The summed E-state index contributed by atoms with van der Waals surface area (Å²) in [6.45, 7) is 5.48. The molecular weight excluding hydrogens is 484 g/mol. The molecule has 2 aliphatic heterocycles. The molecule has 0 unspecified atom stereocenters. The number of hydrogen-bond acceptors (Lipinski definition) is 11. The molecular formula is C22H30N10O3S. The fourth-order valence-corrected chi connectivity index (χ4v) is 5.57. The van der Waals surface area contributed by atoms with Crippen molar-refractivity contribution in [3.8, 4) is 11.4 Å². The SMILES string of the molecule is CS(=O)(=O)N1CCN(c2nc3c(N4CCOCC4)nc(-c4cnc(N)nc4)nc3n2CC2CC2)CC1. The quantitative estimate of drug-likeness (QED) is 0.480. The van der Waals surface area contributed by atoms with Crippen molar-refractivity contribution < 1.29 is 13.2 Å². The van der Waals surface area contributed by atoms with Crippen LogP contribution in [0.1, 0.15) is 12.8 Å². The highest BCUT2D eigenvalue weighted by molar-refractivity contribution is 7.88. The van der Waals surface area contributed by atoms with Gasteiger partial charge in [0.1, 0.15) is 0 Å². The standard InChI is InChI=1S/C22H30N10O3S/c1-36(33,34)31-6-4-30(5-7-31)22-26-17-19(29-8-10-35-11-9-29)27-18(16-12-24-21(23)25-13-16)28-20(17)32(22)14-15-2-3-15/h12-13,15H,2-11,14H2,1H3,(H2,23,24,25). The average molecular weight is 515 g/mol. The van der Waals surface area contributed by atoms with Crippen LogP contribution < -0.4 is 15.5 Å². The molecule has 2 N–H and O–H groups in total. The van der Waals surface area contributed by atoms with Crippen molar-refractivity contribution in [1.82, 2.24) is 33.8 Å². The van der Waals surface area contributed by atoms with Crippen molar-refractivity contribution in [3.05, 3.63) is 12.4 Å². The van der Waals surface area contributed by atoms with Gasteiger partial charge < -0.3 is 20.3 Å². The number of rotatable bonds is 6. The topological polar surface area (TPSA) is 148 Å². The highest BCUT2D eigenvalue weighted by Gasteiger charge is 2.32. The van der Waals surface area contributed by atoms with Crippen LogP contribution in [-0.2, 0) is 21.3 Å². The van der Waals surface area contributed by atoms with E-state index in [1.807, 2.05) is 0 Å². The fraction of sp³-hybridized carbons (Fsp3) is 0.591. The molecule has 3 aromatic heterocycles. The van der Waals surface area contributed by atoms with Gasteiger partial charge in [0.05, 0.1) is 25.0 Å². The molecule has 5 heterocycles. The van der Waals surface area contributed by atoms with Crippen LogP contribution in [0.25, 0.3) is 22.6 Å². The van der Waals surface area contributed by atoms with E-state index >= 15 is 0 Å². The van der Waals surface area contributed by atoms with Gasteiger partial charge in [-0.2, -0.15) is 4.31 Å². The molecule has 6 rings (SSSR count). The Hall–Kier alpha value is -3.10. The summed E-state index contributed by atoms with van der Waals surface area (Å²) in [5.41, 5.74) is 7.91. The molecule has 36 heavy (non-hydrogen) atoms. The zero-order chi connectivity index (χ0) is 24.9. The molecule has 2 saturated heterocycles. The van der Waals surface area contributed by atoms with E-state index in [2.05, 4.69) is 24.3 Å². The van der Waals surface area contributed by atoms with Crippen molar-refractivity contribution in [2.75, 3.05) is 74.3 Å². The van der Waals surface area contributed by atoms with Crippen LogP contribution in [-0.4, -0.2) is 101 Å². The summed E-state index contributed by atoms with van der Waals surface area (Å²) in [5.74, 6) is 2.89. The van der Waals surface area contributed by atoms with Gasteiger partial charge in [0.15, 0.2) is 22.8 Å². The normalized spacial score (nSPS) is 19.8. The van der Waals surface area contributed by atoms with Gasteiger partial charge in [0, 0.05) is 58.2 Å². The Morgan fingerprint density at radius 2 is 1.67 bits per heavy atom. The van der Waals surface area contributed by atoms with E-state index in [1.165, 1.54) is 23.4 Å². The number of fused-ring (bicyclic) bond motifs is 1. The monoisotopic (exact) mass is 514 g/mol. The van der Waals surface area contributed by atoms with Gasteiger partial charge in [0.25, 0.3) is 0 Å². The molecule has 1 aliphatic carbocycles. The minimum atomic E-state index is -3.22. The number of morpholine rings is 1. The second kappa shape index (κ2) is 9.09. The van der Waals surface area contributed by atoms with Crippen LogP contribution in [0.15, 0.2) is 12.4 Å². The van der Waals surface area contributed by atoms with Crippen LogP contribution in [0, 0.1) is 5.92 Å². The van der Waals surface area contributed by atoms with Crippen LogP contribution in [0.2, 0.25) is 0 Å². The summed E-state index contributed by atoms with van der Waals surface area (Å²) in [5, 5.41) is 0. The van der Waals surface area contributed by atoms with Gasteiger partial charge in [-0.3, -0.25) is 4.57 Å². The summed E-state index contributed by atoms with van der Waals surface area (Å²) in [6.07, 6.45) is 6.90. The number of ether oxygens (including phenoxy) is 1. The van der Waals surface area contributed by atoms with Crippen LogP contribution in [0.3, 0.4) is 0 Å². The van der Waals surface area contributed by atoms with Gasteiger partial charge >= 0.3 is 0 Å². The maximum atomic E-state index is 12.0. The van der Waals surface area contributed by atoms with E-state index in [0.717, 1.165) is 29.5 Å². The Labute approximate surface area is 209 Å². The summed E-state index contributed by atoms with van der Waals surface area (Å²) in [7, 11) is -3.22. The third kappa shape index (κ3) is 4.55. The van der Waals surface area contributed by atoms with Crippen LogP contribution >= 0.6 is 0 Å². The first-order valence-electron chi connectivity index (χ1n) is 12.3. The number of piperazine rings is 1. The fourth-order valence-electron chi connectivity index (χ4n) is 4.74. The zero-order valence-corrected chi connectivity index (χ0v) is 21.1. The smallest absolute Gasteiger partial charge is 0.219 e. The summed E-state index contributed by atoms with van der Waals surface area (Å²) < 4.78 is 33.4. The molecule has 192 valence electrons. The van der Waals surface area contributed by atoms with Gasteiger partial charge in [-0.1, -0.05) is 0 Å². The first-order chi connectivity index (χ1) is 17.4. The predicted octanol–water partition coefficient (Wildman–Crippen LogP) is 0.194. The Bertz CT molecular complexity index is 1360. The second-order valence-electron chi connectivity index (χ2n) is 9.59. The first-order valence-corrected chi connectivity index (χ1v) is 14.1. The minimum Gasteiger partial charge on any atom is -0.378 e. The summed E-state index contributed by atoms with van der Waals surface area (Å²) in [6, 6.07) is 0. The van der Waals surface area contributed by atoms with E-state index < -0.39 is 10.0 Å². The number of aromatic nitrogens is 6. The lowest BCUT2D eigenvalue weighted by molar-refractivity contribution is 0.122. The second-order valence-corrected chi connectivity index (χ2v) is 11.6. The minimum absolute atomic E-state index is 0.197. The third-order valence-corrected chi connectivity index (χ3v) is 8.23. The third-order valence-electron chi connectivity index (χ3n) is 6.92. The van der Waals surface area contributed by atoms with E-state index in [0.29, 0.717) is 69.8 Å². The number of imidazole rings is 1. The van der Waals surface area contributed by atoms with E-state index in [4.69, 9.17) is 25.4 Å². The summed E-state index contributed by atoms with van der Waals surface area (Å²) in [4.78, 5) is 27.6. The van der Waals surface area contributed by atoms with Crippen molar-refractivity contribution in [2.24, 2.45) is 5.92 Å². The lowest BCUT2D eigenvalue weighted by atomic mass is 10.3. The van der Waals surface area contributed by atoms with Gasteiger partial charge in [-0.05, 0) is 18.8 Å². The van der Waals surface area contributed by atoms with Crippen LogP contribution in [0.4, 0.5) is 17.7 Å². The molecule has 0 aromatic carbocycles. The van der Waals surface area contributed by atoms with E-state index in [1.54, 1.807) is 12.4 Å². The number of nitrogens with zero attached hydrogens (tertiary/aromatic N) is 9. The van der Waals surface area contributed by atoms with Crippen molar-refractivity contribution >= 4 is 38.9 Å². The molecule has 0 radical (unpaired) electrons. The Morgan fingerprint density at radius 1 is 0.972 bits per heavy atom. The zero-order valence-electron chi connectivity index (χ0n) is 20.2. The molecule has 0 atom stereocenters. The molecule has 1 saturated carbocycles. The number of anilines is 3. The molecule has 3 aliphatic rings. The molecule has 3 aromatic rings. The maximum Gasteiger partial charge on any atom is 0.219 e. The number of sulfonamides is 1.